The first kappa shape index (κ1) is 34.6. The Hall–Kier alpha value is -4.27. The van der Waals surface area contributed by atoms with Crippen molar-refractivity contribution in [3.8, 4) is 62.9 Å². The van der Waals surface area contributed by atoms with Gasteiger partial charge in [-0.2, -0.15) is 8.42 Å². The topological polar surface area (TPSA) is 240 Å². The number of methoxy groups -OCH3 is 1. The molecule has 4 aromatic rings. The number of rotatable bonds is 16. The molecule has 0 aliphatic carbocycles. The summed E-state index contributed by atoms with van der Waals surface area (Å²) in [6.07, 6.45) is -2.49. The smallest absolute Gasteiger partial charge is 0.267 e. The first-order valence-corrected chi connectivity index (χ1v) is 15.7. The fraction of sp³-hybridized carbons (Fsp3) is 0.250. The van der Waals surface area contributed by atoms with Gasteiger partial charge < -0.3 is 34.6 Å². The van der Waals surface area contributed by atoms with Crippen LogP contribution in [0.1, 0.15) is 0 Å². The van der Waals surface area contributed by atoms with Crippen molar-refractivity contribution in [2.75, 3.05) is 31.8 Å². The predicted molar refractivity (Wildman–Crippen MR) is 163 cm³/mol. The number of nitrogens with zero attached hydrogens (tertiary/aromatic N) is 3. The van der Waals surface area contributed by atoms with Crippen molar-refractivity contribution in [1.82, 2.24) is 15.0 Å². The Morgan fingerprint density at radius 1 is 0.761 bits per heavy atom. The first-order valence-electron chi connectivity index (χ1n) is 13.2. The van der Waals surface area contributed by atoms with Gasteiger partial charge in [-0.3, -0.25) is 4.55 Å². The summed E-state index contributed by atoms with van der Waals surface area (Å²) in [5.41, 5.74) is 0.925. The lowest BCUT2D eigenvalue weighted by Crippen LogP contribution is -2.26. The van der Waals surface area contributed by atoms with E-state index in [9.17, 15) is 28.8 Å². The third-order valence-corrected chi connectivity index (χ3v) is 7.51. The Morgan fingerprint density at radius 3 is 1.74 bits per heavy atom. The molecule has 6 N–H and O–H groups in total. The summed E-state index contributed by atoms with van der Waals surface area (Å²) in [6, 6.07) is 15.3. The molecule has 0 aliphatic heterocycles. The lowest BCUT2D eigenvalue weighted by molar-refractivity contribution is -0.432. The normalized spacial score (nSPS) is 12.8. The second-order valence-electron chi connectivity index (χ2n) is 9.50. The molecule has 18 heteroatoms. The molecule has 4 rings (SSSR count). The Bertz CT molecular complexity index is 1730. The van der Waals surface area contributed by atoms with Gasteiger partial charge >= 0.3 is 0 Å². The fourth-order valence-electron chi connectivity index (χ4n) is 3.92. The third-order valence-electron chi connectivity index (χ3n) is 6.03. The van der Waals surface area contributed by atoms with Crippen molar-refractivity contribution in [2.24, 2.45) is 0 Å². The van der Waals surface area contributed by atoms with Crippen LogP contribution in [0.3, 0.4) is 0 Å². The Balaban J connectivity index is 1.64. The van der Waals surface area contributed by atoms with E-state index in [1.54, 1.807) is 24.3 Å². The van der Waals surface area contributed by atoms with Crippen molar-refractivity contribution in [1.29, 1.82) is 0 Å². The highest BCUT2D eigenvalue weighted by atomic mass is 32.2. The number of aromatic nitrogens is 3. The highest BCUT2D eigenvalue weighted by Crippen LogP contribution is 2.36. The monoisotopic (exact) mass is 679 g/mol. The highest BCUT2D eigenvalue weighted by Gasteiger charge is 2.19. The number of hydrogen-bond acceptors (Lipinski definition) is 16. The van der Waals surface area contributed by atoms with Crippen molar-refractivity contribution in [3.63, 3.8) is 0 Å². The van der Waals surface area contributed by atoms with Gasteiger partial charge in [0, 0.05) is 29.7 Å². The zero-order valence-corrected chi connectivity index (χ0v) is 25.6. The van der Waals surface area contributed by atoms with Gasteiger partial charge in [-0.1, -0.05) is 5.04 Å². The molecule has 46 heavy (non-hydrogen) atoms. The molecule has 0 radical (unpaired) electrons. The van der Waals surface area contributed by atoms with Crippen LogP contribution in [0.25, 0.3) is 34.2 Å². The van der Waals surface area contributed by atoms with Gasteiger partial charge in [-0.25, -0.2) is 20.2 Å². The van der Waals surface area contributed by atoms with Gasteiger partial charge in [-0.05, 0) is 48.5 Å². The van der Waals surface area contributed by atoms with Crippen LogP contribution in [0, 0.1) is 0 Å². The first-order chi connectivity index (χ1) is 22.0. The summed E-state index contributed by atoms with van der Waals surface area (Å²) >= 11 is 0.663. The van der Waals surface area contributed by atoms with E-state index in [2.05, 4.69) is 24.3 Å². The lowest BCUT2D eigenvalue weighted by Gasteiger charge is -2.14. The SMILES string of the molecule is COc1ccc(-c2nc(-c3ccc(OCC(O)CSOOO)cc3O)nc(-c3ccc(OCC(O)CS(=O)(=O)O)cc3O)n2)cc1. The maximum Gasteiger partial charge on any atom is 0.267 e. The van der Waals surface area contributed by atoms with E-state index in [0.29, 0.717) is 23.4 Å². The number of aliphatic hydroxyl groups excluding tert-OH is 2. The van der Waals surface area contributed by atoms with Gasteiger partial charge in [0.1, 0.15) is 53.8 Å². The van der Waals surface area contributed by atoms with Crippen LogP contribution in [-0.2, 0) is 19.5 Å². The average molecular weight is 680 g/mol. The summed E-state index contributed by atoms with van der Waals surface area (Å²) in [7, 11) is -2.89. The molecule has 0 saturated heterocycles. The van der Waals surface area contributed by atoms with E-state index in [1.165, 1.54) is 43.5 Å². The molecule has 1 heterocycles. The van der Waals surface area contributed by atoms with Gasteiger partial charge in [-0.15, -0.1) is 4.33 Å². The molecule has 1 aromatic heterocycles. The second kappa shape index (κ2) is 15.8. The maximum absolute atomic E-state index is 11.0. The van der Waals surface area contributed by atoms with Crippen LogP contribution in [0.15, 0.2) is 60.7 Å². The minimum atomic E-state index is -4.41. The van der Waals surface area contributed by atoms with Crippen LogP contribution in [0.5, 0.6) is 28.7 Å². The van der Waals surface area contributed by atoms with Gasteiger partial charge in [0.05, 0.1) is 30.1 Å². The Morgan fingerprint density at radius 2 is 1.26 bits per heavy atom. The van der Waals surface area contributed by atoms with E-state index in [0.717, 1.165) is 0 Å². The zero-order chi connectivity index (χ0) is 33.3. The number of ether oxygens (including phenoxy) is 3. The maximum atomic E-state index is 11.0. The fourth-order valence-corrected chi connectivity index (χ4v) is 4.85. The Labute approximate surface area is 266 Å². The molecule has 0 saturated carbocycles. The zero-order valence-electron chi connectivity index (χ0n) is 24.0. The largest absolute Gasteiger partial charge is 0.507 e. The molecule has 0 bridgehead atoms. The quantitative estimate of drug-likeness (QED) is 0.0328. The molecule has 3 aromatic carbocycles. The molecule has 0 aliphatic rings. The lowest BCUT2D eigenvalue weighted by atomic mass is 10.1. The molecule has 0 fully saturated rings. The van der Waals surface area contributed by atoms with E-state index in [-0.39, 0.29) is 64.0 Å². The molecule has 0 spiro atoms. The number of aromatic hydroxyl groups is 2. The minimum absolute atomic E-state index is 0.0284. The molecule has 246 valence electrons. The Kier molecular flexibility index (Phi) is 11.9. The van der Waals surface area contributed by atoms with E-state index in [4.69, 9.17) is 24.0 Å². The van der Waals surface area contributed by atoms with E-state index < -0.39 is 34.7 Å². The highest BCUT2D eigenvalue weighted by molar-refractivity contribution is 7.94. The van der Waals surface area contributed by atoms with Crippen molar-refractivity contribution in [2.45, 2.75) is 12.2 Å². The number of benzene rings is 3. The predicted octanol–water partition coefficient (Wildman–Crippen LogP) is 2.73. The summed E-state index contributed by atoms with van der Waals surface area (Å²) in [6.45, 7) is -0.628. The van der Waals surface area contributed by atoms with Crippen LogP contribution < -0.4 is 14.2 Å². The van der Waals surface area contributed by atoms with Crippen LogP contribution in [0.4, 0.5) is 0 Å². The standard InChI is InChI=1S/C28H29N3O13S2/c1-40-19-4-2-16(3-5-19)26-29-27(22-8-6-20(10-24(22)34)41-12-17(32)14-45-44-43-36)31-28(30-26)23-9-7-21(11-25(23)35)42-13-18(33)15-46(37,38)39/h2-11,17-18,32-36H,12-15H2,1H3,(H,37,38,39). The molecule has 0 amide bonds. The average Bonchev–Trinajstić information content (AvgIpc) is 3.02. The van der Waals surface area contributed by atoms with E-state index >= 15 is 0 Å². The molecular formula is C28H29N3O13S2. The summed E-state index contributed by atoms with van der Waals surface area (Å²) < 4.78 is 51.1. The number of aliphatic hydroxyl groups is 2. The van der Waals surface area contributed by atoms with Crippen LogP contribution >= 0.6 is 12.0 Å². The number of phenols is 2. The summed E-state index contributed by atoms with van der Waals surface area (Å²) in [5.74, 6) is -0.279. The molecular weight excluding hydrogens is 650 g/mol. The minimum Gasteiger partial charge on any atom is -0.507 e. The van der Waals surface area contributed by atoms with Crippen LogP contribution in [-0.4, -0.2) is 97.6 Å². The summed E-state index contributed by atoms with van der Waals surface area (Å²) in [4.78, 5) is 13.5. The molecule has 2 unspecified atom stereocenters. The van der Waals surface area contributed by atoms with Crippen molar-refractivity contribution < 1.29 is 62.2 Å². The van der Waals surface area contributed by atoms with Gasteiger partial charge in [0.25, 0.3) is 10.1 Å². The number of hydrogen-bond donors (Lipinski definition) is 6. The second-order valence-corrected chi connectivity index (χ2v) is 11.7. The molecule has 2 atom stereocenters. The van der Waals surface area contributed by atoms with Gasteiger partial charge in [0.15, 0.2) is 17.5 Å². The molecule has 16 nitrogen and oxygen atoms in total. The van der Waals surface area contributed by atoms with Crippen molar-refractivity contribution >= 4 is 22.2 Å². The van der Waals surface area contributed by atoms with Crippen LogP contribution in [0.2, 0.25) is 0 Å². The summed E-state index contributed by atoms with van der Waals surface area (Å²) in [5, 5.41) is 53.1. The number of phenolic OH excluding ortho intramolecular Hbond substituents is 2. The van der Waals surface area contributed by atoms with Gasteiger partial charge in [0.2, 0.25) is 0 Å². The van der Waals surface area contributed by atoms with E-state index in [1.807, 2.05) is 0 Å². The third kappa shape index (κ3) is 9.86. The van der Waals surface area contributed by atoms with Crippen molar-refractivity contribution in [3.05, 3.63) is 60.7 Å².